The number of aliphatic hydroxyl groups excluding tert-OH is 1. The fourth-order valence-electron chi connectivity index (χ4n) is 17.2. The standard InChI is InChI=1S/C98H124N18O21S3/c1-8-63-39-78(118)86(56(7)117)112-94(132)76(108-88(126)55(6)99)52-140-30-26-80(120)113-44-57-16-13-18-59(32-57)46-114-48-61-34-62(36-64(35-61)98(136)137)49-115(47-60-19-14-17-58(33-60)45-113)82(122)27-31-139-51-75(109-89(63)127)93(131)105-72(38-66-42-102-70-23-12-10-21-68(66)70)92(130)110-84(53(2)3)96(134)106-73(40-83(123)124)90(128)103-43-79(119)104-71(37-65-41-101-69-22-11-9-20-67(65)69)91(129)111-85(54(4)5)97(135)116-28-15-24-77(116)95(133)107-74(87(100)125)50-138-29-25-81(114)121/h9-14,16-23,32-36,41-42,53-56,63,71-77,84-86,101-102,117H,8,15,24-31,37-40,43-52,99H2,1-7H3,(H2,100,125)(H,103,128)(H,104,119)(H,105,131)(H,106,134)(H,107,133)(H,108,126)(H,109,127)(H,110,130)(H,111,129)(H,112,132)(H,123,124)(H,136,137). The maximum absolute atomic E-state index is 15.7. The van der Waals surface area contributed by atoms with Crippen molar-refractivity contribution in [1.82, 2.24) is 82.7 Å². The molecule has 0 saturated carbocycles. The molecule has 1 saturated heterocycles. The summed E-state index contributed by atoms with van der Waals surface area (Å²) in [5.41, 5.74) is 17.1. The third-order valence-electron chi connectivity index (χ3n) is 24.8. The number of aromatic nitrogens is 2. The Labute approximate surface area is 822 Å². The van der Waals surface area contributed by atoms with Gasteiger partial charge in [-0.25, -0.2) is 4.79 Å². The summed E-state index contributed by atoms with van der Waals surface area (Å²) in [6.45, 7) is 8.94. The smallest absolute Gasteiger partial charge is 0.335 e. The lowest BCUT2D eigenvalue weighted by atomic mass is 9.93. The molecule has 5 aromatic carbocycles. The number of aromatic carboxylic acids is 1. The largest absolute Gasteiger partial charge is 0.481 e. The summed E-state index contributed by atoms with van der Waals surface area (Å²) in [5.74, 6) is -19.9. The number of hydrogen-bond acceptors (Lipinski definition) is 23. The number of nitrogens with two attached hydrogens (primary N) is 2. The molecule has 13 atom stereocenters. The van der Waals surface area contributed by atoms with Crippen LogP contribution in [0.3, 0.4) is 0 Å². The zero-order valence-corrected chi connectivity index (χ0v) is 81.6. The molecule has 13 unspecified atom stereocenters. The van der Waals surface area contributed by atoms with Crippen LogP contribution >= 0.6 is 35.3 Å². The third kappa shape index (κ3) is 29.9. The zero-order chi connectivity index (χ0) is 101. The first-order valence-corrected chi connectivity index (χ1v) is 50.2. The average molecular weight is 1990 g/mol. The molecule has 1 fully saturated rings. The van der Waals surface area contributed by atoms with Crippen molar-refractivity contribution in [3.05, 3.63) is 178 Å². The second-order valence-corrected chi connectivity index (χ2v) is 39.9. The van der Waals surface area contributed by atoms with Gasteiger partial charge in [-0.15, -0.1) is 0 Å². The SMILES string of the molecule is CCC1CC(=O)C(C(C)O)NC(=O)C(NC(=O)C(C)N)CSCCC(=O)N2Cc3cccc(c3)CN3Cc4cc(cc(C(=O)O)c4)CN(Cc4cccc(c4)C2)C(=O)CCSCC(NC1=O)C(=O)NC(Cc1c[nH]c2ccccc12)C(=O)NC(C(C)C)C(=O)NC(CC(=O)O)C(=O)NCC(=O)NC(Cc1c[nH]c2ccccc12)C(=O)NC(C(C)C)C(=O)N1CCCC1C(=O)NC(C(N)=O)CSCCC3=O. The van der Waals surface area contributed by atoms with E-state index in [0.29, 0.717) is 72.7 Å². The molecule has 750 valence electrons. The van der Waals surface area contributed by atoms with Gasteiger partial charge in [-0.1, -0.05) is 126 Å². The number of ketones is 1. The predicted octanol–water partition coefficient (Wildman–Crippen LogP) is 2.59. The average Bonchev–Trinajstić information content (AvgIpc) is 1.66. The van der Waals surface area contributed by atoms with Crippen molar-refractivity contribution in [3.8, 4) is 0 Å². The van der Waals surface area contributed by atoms with E-state index in [1.807, 2.05) is 12.1 Å². The van der Waals surface area contributed by atoms with Crippen molar-refractivity contribution in [2.75, 3.05) is 47.6 Å². The van der Waals surface area contributed by atoms with E-state index in [4.69, 9.17) is 11.5 Å². The summed E-state index contributed by atoms with van der Waals surface area (Å²) in [6.07, 6.45) is -0.993. The van der Waals surface area contributed by atoms with E-state index in [2.05, 4.69) is 63.1 Å². The highest BCUT2D eigenvalue weighted by atomic mass is 32.2. The monoisotopic (exact) mass is 1980 g/mol. The number of carbonyl (C=O) groups excluding carboxylic acids is 16. The first-order chi connectivity index (χ1) is 66.8. The molecule has 19 N–H and O–H groups in total. The van der Waals surface area contributed by atoms with E-state index in [-0.39, 0.29) is 137 Å². The fraction of sp³-hybridized carbons (Fsp3) is 0.469. The number of nitrogens with one attached hydrogen (secondary N) is 12. The number of Topliss-reactive ketones (excluding diaryl/α,β-unsaturated/α-hetero) is 1. The van der Waals surface area contributed by atoms with Crippen LogP contribution in [0.15, 0.2) is 128 Å². The van der Waals surface area contributed by atoms with Crippen LogP contribution in [-0.4, -0.2) is 271 Å². The topological polar surface area (TPSA) is 585 Å². The van der Waals surface area contributed by atoms with Crippen LogP contribution in [0.2, 0.25) is 0 Å². The number of carboxylic acid groups (broad SMARTS) is 2. The van der Waals surface area contributed by atoms with E-state index in [9.17, 15) is 68.1 Å². The van der Waals surface area contributed by atoms with E-state index >= 15 is 33.6 Å². The van der Waals surface area contributed by atoms with E-state index in [0.717, 1.165) is 35.3 Å². The van der Waals surface area contributed by atoms with Gasteiger partial charge in [0, 0.05) is 159 Å². The lowest BCUT2D eigenvalue weighted by Gasteiger charge is -2.32. The number of fused-ring (bicyclic) bond motifs is 12. The Morgan fingerprint density at radius 1 is 0.500 bits per heavy atom. The van der Waals surface area contributed by atoms with Gasteiger partial charge in [-0.3, -0.25) is 81.5 Å². The molecule has 0 radical (unpaired) electrons. The first kappa shape index (κ1) is 107. The number of hydrogen-bond donors (Lipinski definition) is 17. The number of aliphatic carboxylic acids is 1. The van der Waals surface area contributed by atoms with E-state index in [1.54, 1.807) is 129 Å². The molecule has 0 aliphatic carbocycles. The van der Waals surface area contributed by atoms with Crippen molar-refractivity contribution in [3.63, 3.8) is 0 Å². The number of amides is 15. The highest BCUT2D eigenvalue weighted by molar-refractivity contribution is 7.99. The van der Waals surface area contributed by atoms with Gasteiger partial charge in [0.25, 0.3) is 0 Å². The molecule has 4 aliphatic heterocycles. The van der Waals surface area contributed by atoms with Crippen molar-refractivity contribution < 1.29 is 102 Å². The van der Waals surface area contributed by atoms with Gasteiger partial charge in [-0.2, -0.15) is 35.3 Å². The van der Waals surface area contributed by atoms with Gasteiger partial charge < -0.3 is 110 Å². The van der Waals surface area contributed by atoms with Gasteiger partial charge >= 0.3 is 11.9 Å². The van der Waals surface area contributed by atoms with Crippen LogP contribution in [0.25, 0.3) is 21.8 Å². The molecule has 42 heteroatoms. The van der Waals surface area contributed by atoms with Gasteiger partial charge in [0.1, 0.15) is 60.4 Å². The van der Waals surface area contributed by atoms with Gasteiger partial charge in [-0.05, 0) is 114 Å². The van der Waals surface area contributed by atoms with Gasteiger partial charge in [0.05, 0.1) is 30.7 Å². The molecular weight excluding hydrogens is 1860 g/mol. The van der Waals surface area contributed by atoms with Crippen LogP contribution in [0, 0.1) is 17.8 Å². The number of aromatic amines is 2. The number of para-hydroxylation sites is 2. The summed E-state index contributed by atoms with van der Waals surface area (Å²) in [5, 5.41) is 60.1. The number of primary amides is 1. The first-order valence-electron chi connectivity index (χ1n) is 46.7. The Bertz CT molecular complexity index is 5750. The Morgan fingerprint density at radius 2 is 0.979 bits per heavy atom. The number of thioether (sulfide) groups is 3. The highest BCUT2D eigenvalue weighted by Gasteiger charge is 2.43. The molecule has 7 aromatic rings. The van der Waals surface area contributed by atoms with Gasteiger partial charge in [0.2, 0.25) is 88.6 Å². The summed E-state index contributed by atoms with van der Waals surface area (Å²) in [4.78, 5) is 275. The number of benzene rings is 5. The Balaban J connectivity index is 1.00. The second-order valence-electron chi connectivity index (χ2n) is 36.4. The Morgan fingerprint density at radius 3 is 1.47 bits per heavy atom. The molecule has 39 nitrogen and oxygen atoms in total. The van der Waals surface area contributed by atoms with Crippen molar-refractivity contribution in [1.29, 1.82) is 0 Å². The minimum Gasteiger partial charge on any atom is -0.481 e. The van der Waals surface area contributed by atoms with Crippen LogP contribution in [0.5, 0.6) is 0 Å². The molecule has 11 rings (SSSR count). The number of carbonyl (C=O) groups is 18. The number of rotatable bonds is 14. The molecule has 2 aromatic heterocycles. The Hall–Kier alpha value is -13.2. The van der Waals surface area contributed by atoms with Crippen LogP contribution in [0.4, 0.5) is 0 Å². The second kappa shape index (κ2) is 50.6. The van der Waals surface area contributed by atoms with E-state index in [1.165, 1.54) is 54.5 Å². The number of nitrogens with zero attached hydrogens (tertiary/aromatic N) is 4. The number of carboxylic acids is 2. The number of aliphatic hydroxyl groups is 1. The minimum absolute atomic E-state index is 0.00731. The highest BCUT2D eigenvalue weighted by Crippen LogP contribution is 2.29. The van der Waals surface area contributed by atoms with Crippen molar-refractivity contribution >= 4 is 163 Å². The summed E-state index contributed by atoms with van der Waals surface area (Å²) >= 11 is 3.22. The molecule has 140 heavy (non-hydrogen) atoms. The van der Waals surface area contributed by atoms with Crippen LogP contribution in [-0.2, 0) is 134 Å². The minimum atomic E-state index is -1.96. The molecule has 6 heterocycles. The third-order valence-corrected chi connectivity index (χ3v) is 28.0. The maximum atomic E-state index is 15.7. The van der Waals surface area contributed by atoms with Crippen molar-refractivity contribution in [2.24, 2.45) is 29.2 Å². The number of H-pyrrole nitrogens is 2. The molecule has 4 aliphatic rings. The maximum Gasteiger partial charge on any atom is 0.335 e. The summed E-state index contributed by atoms with van der Waals surface area (Å²) in [7, 11) is 0. The van der Waals surface area contributed by atoms with Crippen LogP contribution in [0.1, 0.15) is 155 Å². The van der Waals surface area contributed by atoms with E-state index < -0.39 is 210 Å². The van der Waals surface area contributed by atoms with Crippen LogP contribution < -0.4 is 64.6 Å². The van der Waals surface area contributed by atoms with Crippen molar-refractivity contribution in [2.45, 2.75) is 225 Å². The normalized spacial score (nSPS) is 23.6. The summed E-state index contributed by atoms with van der Waals surface area (Å²) in [6, 6.07) is 16.2. The summed E-state index contributed by atoms with van der Waals surface area (Å²) < 4.78 is 0. The molecular formula is C98H124N18O21S3. The fourth-order valence-corrected chi connectivity index (χ4v) is 20.1. The quantitative estimate of drug-likeness (QED) is 0.0744. The lowest BCUT2D eigenvalue weighted by molar-refractivity contribution is -0.143. The lowest BCUT2D eigenvalue weighted by Crippen LogP contribution is -2.61. The molecule has 10 bridgehead atoms. The Kier molecular flexibility index (Phi) is 38.8. The zero-order valence-electron chi connectivity index (χ0n) is 79.1. The molecule has 15 amide bonds. The molecule has 0 spiro atoms. The predicted molar refractivity (Wildman–Crippen MR) is 524 cm³/mol. The van der Waals surface area contributed by atoms with Gasteiger partial charge in [0.15, 0.2) is 5.78 Å².